The van der Waals surface area contributed by atoms with Crippen LogP contribution < -0.4 is 5.32 Å². The zero-order chi connectivity index (χ0) is 13.4. The molecule has 1 aromatic heterocycles. The van der Waals surface area contributed by atoms with Crippen molar-refractivity contribution in [2.45, 2.75) is 44.8 Å². The van der Waals surface area contributed by atoms with Gasteiger partial charge in [-0.1, -0.05) is 6.07 Å². The first-order valence-corrected chi connectivity index (χ1v) is 6.17. The molecule has 0 saturated heterocycles. The molecule has 0 aliphatic carbocycles. The minimum absolute atomic E-state index is 0.107. The van der Waals surface area contributed by atoms with Crippen LogP contribution in [0.15, 0.2) is 24.4 Å². The first-order valence-electron chi connectivity index (χ1n) is 6.17. The molecule has 0 aliphatic heterocycles. The Morgan fingerprint density at radius 1 is 1.33 bits per heavy atom. The number of nitrogens with zero attached hydrogens (tertiary/aromatic N) is 1. The molecule has 1 heterocycles. The highest BCUT2D eigenvalue weighted by atomic mass is 19.4. The van der Waals surface area contributed by atoms with Crippen LogP contribution in [0.4, 0.5) is 13.2 Å². The lowest BCUT2D eigenvalue weighted by atomic mass is 10.1. The van der Waals surface area contributed by atoms with Gasteiger partial charge in [-0.15, -0.1) is 0 Å². The van der Waals surface area contributed by atoms with Crippen molar-refractivity contribution in [1.82, 2.24) is 10.3 Å². The number of aromatic nitrogens is 1. The highest BCUT2D eigenvalue weighted by molar-refractivity contribution is 5.03. The second-order valence-electron chi connectivity index (χ2n) is 4.43. The molecule has 5 heteroatoms. The second kappa shape index (κ2) is 7.36. The predicted octanol–water partition coefficient (Wildman–Crippen LogP) is 3.33. The monoisotopic (exact) mass is 260 g/mol. The van der Waals surface area contributed by atoms with Gasteiger partial charge in [0.25, 0.3) is 0 Å². The molecule has 1 aromatic rings. The average Bonchev–Trinajstić information content (AvgIpc) is 2.28. The van der Waals surface area contributed by atoms with Crippen LogP contribution in [-0.4, -0.2) is 23.7 Å². The molecule has 0 spiro atoms. The Bertz CT molecular complexity index is 325. The smallest absolute Gasteiger partial charge is 0.314 e. The summed E-state index contributed by atoms with van der Waals surface area (Å²) in [5.74, 6) is 0. The molecule has 1 unspecified atom stereocenters. The SMILES string of the molecule is CC(CCCC(F)(F)F)NCCc1ccccn1. The van der Waals surface area contributed by atoms with E-state index >= 15 is 0 Å². The van der Waals surface area contributed by atoms with Gasteiger partial charge in [-0.25, -0.2) is 0 Å². The maximum Gasteiger partial charge on any atom is 0.389 e. The second-order valence-corrected chi connectivity index (χ2v) is 4.43. The molecule has 0 bridgehead atoms. The lowest BCUT2D eigenvalue weighted by Crippen LogP contribution is -2.28. The van der Waals surface area contributed by atoms with Gasteiger partial charge in [0.15, 0.2) is 0 Å². The zero-order valence-corrected chi connectivity index (χ0v) is 10.5. The number of alkyl halides is 3. The van der Waals surface area contributed by atoms with Crippen molar-refractivity contribution in [1.29, 1.82) is 0 Å². The fraction of sp³-hybridized carbons (Fsp3) is 0.615. The Morgan fingerprint density at radius 3 is 2.72 bits per heavy atom. The summed E-state index contributed by atoms with van der Waals surface area (Å²) < 4.78 is 35.9. The van der Waals surface area contributed by atoms with E-state index in [1.165, 1.54) is 0 Å². The molecule has 1 rings (SSSR count). The molecular weight excluding hydrogens is 241 g/mol. The van der Waals surface area contributed by atoms with Crippen molar-refractivity contribution in [3.05, 3.63) is 30.1 Å². The topological polar surface area (TPSA) is 24.9 Å². The normalized spacial score (nSPS) is 13.6. The highest BCUT2D eigenvalue weighted by Crippen LogP contribution is 2.22. The zero-order valence-electron chi connectivity index (χ0n) is 10.5. The average molecular weight is 260 g/mol. The lowest BCUT2D eigenvalue weighted by Gasteiger charge is -2.14. The van der Waals surface area contributed by atoms with Crippen LogP contribution >= 0.6 is 0 Å². The molecule has 1 atom stereocenters. The Kier molecular flexibility index (Phi) is 6.12. The van der Waals surface area contributed by atoms with Crippen LogP contribution in [-0.2, 0) is 6.42 Å². The van der Waals surface area contributed by atoms with E-state index in [2.05, 4.69) is 10.3 Å². The predicted molar refractivity (Wildman–Crippen MR) is 65.3 cm³/mol. The van der Waals surface area contributed by atoms with Gasteiger partial charge in [0.2, 0.25) is 0 Å². The van der Waals surface area contributed by atoms with Crippen LogP contribution in [0.3, 0.4) is 0 Å². The molecule has 0 saturated carbocycles. The van der Waals surface area contributed by atoms with E-state index in [9.17, 15) is 13.2 Å². The van der Waals surface area contributed by atoms with E-state index in [1.807, 2.05) is 25.1 Å². The highest BCUT2D eigenvalue weighted by Gasteiger charge is 2.26. The van der Waals surface area contributed by atoms with E-state index in [-0.39, 0.29) is 12.5 Å². The van der Waals surface area contributed by atoms with Gasteiger partial charge in [0.05, 0.1) is 0 Å². The van der Waals surface area contributed by atoms with Crippen LogP contribution in [0.25, 0.3) is 0 Å². The maximum absolute atomic E-state index is 12.0. The summed E-state index contributed by atoms with van der Waals surface area (Å²) in [7, 11) is 0. The Morgan fingerprint density at radius 2 is 2.11 bits per heavy atom. The summed E-state index contributed by atoms with van der Waals surface area (Å²) >= 11 is 0. The van der Waals surface area contributed by atoms with E-state index in [4.69, 9.17) is 0 Å². The fourth-order valence-electron chi connectivity index (χ4n) is 1.70. The molecule has 0 fully saturated rings. The fourth-order valence-corrected chi connectivity index (χ4v) is 1.70. The van der Waals surface area contributed by atoms with E-state index < -0.39 is 12.6 Å². The summed E-state index contributed by atoms with van der Waals surface area (Å²) in [6.07, 6.45) is -1.47. The van der Waals surface area contributed by atoms with Gasteiger partial charge in [-0.05, 0) is 31.9 Å². The minimum Gasteiger partial charge on any atom is -0.314 e. The van der Waals surface area contributed by atoms with Crippen molar-refractivity contribution >= 4 is 0 Å². The van der Waals surface area contributed by atoms with Crippen molar-refractivity contribution in [2.75, 3.05) is 6.54 Å². The third-order valence-corrected chi connectivity index (χ3v) is 2.70. The molecule has 18 heavy (non-hydrogen) atoms. The van der Waals surface area contributed by atoms with Gasteiger partial charge in [-0.3, -0.25) is 4.98 Å². The summed E-state index contributed by atoms with van der Waals surface area (Å²) in [5.41, 5.74) is 0.993. The molecule has 2 nitrogen and oxygen atoms in total. The van der Waals surface area contributed by atoms with Crippen molar-refractivity contribution in [2.24, 2.45) is 0 Å². The van der Waals surface area contributed by atoms with E-state index in [1.54, 1.807) is 6.20 Å². The standard InChI is InChI=1S/C13H19F3N2/c1-11(5-4-8-13(14,15)16)17-10-7-12-6-2-3-9-18-12/h2-3,6,9,11,17H,4-5,7-8,10H2,1H3. The van der Waals surface area contributed by atoms with Gasteiger partial charge in [0, 0.05) is 37.3 Å². The third-order valence-electron chi connectivity index (χ3n) is 2.70. The van der Waals surface area contributed by atoms with Gasteiger partial charge in [-0.2, -0.15) is 13.2 Å². The molecule has 0 radical (unpaired) electrons. The number of hydrogen-bond donors (Lipinski definition) is 1. The Balaban J connectivity index is 2.09. The quantitative estimate of drug-likeness (QED) is 0.813. The van der Waals surface area contributed by atoms with Gasteiger partial charge >= 0.3 is 6.18 Å². The van der Waals surface area contributed by atoms with Crippen molar-refractivity contribution in [3.8, 4) is 0 Å². The molecular formula is C13H19F3N2. The van der Waals surface area contributed by atoms with Crippen LogP contribution in [0.1, 0.15) is 31.9 Å². The number of hydrogen-bond acceptors (Lipinski definition) is 2. The van der Waals surface area contributed by atoms with Crippen LogP contribution in [0.2, 0.25) is 0 Å². The van der Waals surface area contributed by atoms with E-state index in [0.717, 1.165) is 18.7 Å². The number of halogens is 3. The summed E-state index contributed by atoms with van der Waals surface area (Å²) in [5, 5.41) is 3.21. The van der Waals surface area contributed by atoms with E-state index in [0.29, 0.717) is 6.42 Å². The first-order chi connectivity index (χ1) is 8.47. The van der Waals surface area contributed by atoms with Gasteiger partial charge in [0.1, 0.15) is 0 Å². The summed E-state index contributed by atoms with van der Waals surface area (Å²) in [6, 6.07) is 5.83. The molecule has 1 N–H and O–H groups in total. The lowest BCUT2D eigenvalue weighted by molar-refractivity contribution is -0.135. The first kappa shape index (κ1) is 15.0. The molecule has 0 aromatic carbocycles. The van der Waals surface area contributed by atoms with Crippen LogP contribution in [0.5, 0.6) is 0 Å². The third kappa shape index (κ3) is 7.27. The molecule has 0 aliphatic rings. The largest absolute Gasteiger partial charge is 0.389 e. The molecule has 102 valence electrons. The van der Waals surface area contributed by atoms with Crippen molar-refractivity contribution in [3.63, 3.8) is 0 Å². The van der Waals surface area contributed by atoms with Crippen LogP contribution in [0, 0.1) is 0 Å². The van der Waals surface area contributed by atoms with Crippen molar-refractivity contribution < 1.29 is 13.2 Å². The molecule has 0 amide bonds. The number of nitrogens with one attached hydrogen (secondary N) is 1. The number of pyridine rings is 1. The Hall–Kier alpha value is -1.10. The summed E-state index contributed by atoms with van der Waals surface area (Å²) in [4.78, 5) is 4.18. The van der Waals surface area contributed by atoms with Gasteiger partial charge < -0.3 is 5.32 Å². The minimum atomic E-state index is -4.03. The number of rotatable bonds is 7. The summed E-state index contributed by atoms with van der Waals surface area (Å²) in [6.45, 7) is 2.65. The maximum atomic E-state index is 12.0. The Labute approximate surface area is 106 Å².